The third-order valence-electron chi connectivity index (χ3n) is 3.22. The van der Waals surface area contributed by atoms with Crippen LogP contribution in [-0.4, -0.2) is 35.8 Å². The highest BCUT2D eigenvalue weighted by atomic mass is 35.5. The predicted molar refractivity (Wildman–Crippen MR) is 83.9 cm³/mol. The van der Waals surface area contributed by atoms with Crippen LogP contribution in [0.5, 0.6) is 0 Å². The number of carbonyl (C=O) groups excluding carboxylic acids is 1. The molecule has 1 saturated heterocycles. The minimum Gasteiger partial charge on any atom is -0.444 e. The maximum absolute atomic E-state index is 11.8. The average molecular weight is 312 g/mol. The predicted octanol–water partition coefficient (Wildman–Crippen LogP) is 3.23. The highest BCUT2D eigenvalue weighted by Crippen LogP contribution is 2.22. The van der Waals surface area contributed by atoms with Gasteiger partial charge >= 0.3 is 6.09 Å². The van der Waals surface area contributed by atoms with Gasteiger partial charge in [0.15, 0.2) is 0 Å². The Morgan fingerprint density at radius 2 is 2.29 bits per heavy atom. The second-order valence-corrected chi connectivity index (χ2v) is 6.66. The van der Waals surface area contributed by atoms with Crippen molar-refractivity contribution in [2.75, 3.05) is 18.0 Å². The van der Waals surface area contributed by atoms with E-state index in [1.807, 2.05) is 32.9 Å². The number of nitrogens with zero attached hydrogens (tertiary/aromatic N) is 2. The molecular formula is C15H22ClN3O2. The number of ether oxygens (including phenoxy) is 1. The number of hydrogen-bond acceptors (Lipinski definition) is 4. The molecule has 0 saturated carbocycles. The first-order chi connectivity index (χ1) is 9.83. The number of nitrogens with one attached hydrogen (secondary N) is 1. The largest absolute Gasteiger partial charge is 0.444 e. The van der Waals surface area contributed by atoms with Gasteiger partial charge in [-0.05, 0) is 45.7 Å². The highest BCUT2D eigenvalue weighted by molar-refractivity contribution is 6.29. The van der Waals surface area contributed by atoms with Gasteiger partial charge in [-0.15, -0.1) is 0 Å². The molecule has 21 heavy (non-hydrogen) atoms. The van der Waals surface area contributed by atoms with Crippen LogP contribution in [0.4, 0.5) is 10.5 Å². The molecular weight excluding hydrogens is 290 g/mol. The number of amides is 1. The van der Waals surface area contributed by atoms with Crippen LogP contribution in [0.2, 0.25) is 5.15 Å². The Kier molecular flexibility index (Phi) is 4.93. The van der Waals surface area contributed by atoms with Gasteiger partial charge in [0.05, 0.1) is 0 Å². The third-order valence-corrected chi connectivity index (χ3v) is 3.42. The number of rotatable bonds is 2. The summed E-state index contributed by atoms with van der Waals surface area (Å²) in [6.45, 7) is 7.28. The van der Waals surface area contributed by atoms with Crippen molar-refractivity contribution in [1.82, 2.24) is 10.3 Å². The number of hydrogen-bond donors (Lipinski definition) is 1. The van der Waals surface area contributed by atoms with Crippen molar-refractivity contribution in [1.29, 1.82) is 0 Å². The summed E-state index contributed by atoms with van der Waals surface area (Å²) in [5, 5.41) is 3.42. The normalized spacial score (nSPS) is 19.2. The smallest absolute Gasteiger partial charge is 0.407 e. The van der Waals surface area contributed by atoms with E-state index in [0.717, 1.165) is 31.6 Å². The summed E-state index contributed by atoms with van der Waals surface area (Å²) in [7, 11) is 0. The molecule has 0 aromatic carbocycles. The van der Waals surface area contributed by atoms with E-state index in [2.05, 4.69) is 15.2 Å². The zero-order valence-corrected chi connectivity index (χ0v) is 13.5. The molecule has 1 N–H and O–H groups in total. The Balaban J connectivity index is 1.93. The standard InChI is InChI=1S/C15H22ClN3O2/c1-15(2,3)21-14(20)18-11-5-4-8-19(10-11)12-6-7-17-13(16)9-12/h6-7,9,11H,4-5,8,10H2,1-3H3,(H,18,20)/t11-/m1/s1. The molecule has 6 heteroatoms. The minimum absolute atomic E-state index is 0.0838. The van der Waals surface area contributed by atoms with Crippen LogP contribution < -0.4 is 10.2 Å². The molecule has 1 aliphatic rings. The van der Waals surface area contributed by atoms with E-state index in [0.29, 0.717) is 5.15 Å². The Morgan fingerprint density at radius 1 is 1.52 bits per heavy atom. The molecule has 0 radical (unpaired) electrons. The Morgan fingerprint density at radius 3 is 2.95 bits per heavy atom. The Hall–Kier alpha value is -1.49. The molecule has 5 nitrogen and oxygen atoms in total. The molecule has 0 bridgehead atoms. The van der Waals surface area contributed by atoms with Crippen molar-refractivity contribution in [2.45, 2.75) is 45.3 Å². The van der Waals surface area contributed by atoms with Gasteiger partial charge in [0, 0.05) is 31.0 Å². The van der Waals surface area contributed by atoms with Crippen LogP contribution >= 0.6 is 11.6 Å². The molecule has 1 aliphatic heterocycles. The zero-order chi connectivity index (χ0) is 15.5. The topological polar surface area (TPSA) is 54.5 Å². The first-order valence-electron chi connectivity index (χ1n) is 7.19. The summed E-state index contributed by atoms with van der Waals surface area (Å²) in [5.74, 6) is 0. The summed E-state index contributed by atoms with van der Waals surface area (Å²) in [4.78, 5) is 18.0. The lowest BCUT2D eigenvalue weighted by Crippen LogP contribution is -2.49. The van der Waals surface area contributed by atoms with E-state index in [1.54, 1.807) is 6.20 Å². The number of aromatic nitrogens is 1. The first-order valence-corrected chi connectivity index (χ1v) is 7.57. The molecule has 1 aromatic heterocycles. The highest BCUT2D eigenvalue weighted by Gasteiger charge is 2.24. The van der Waals surface area contributed by atoms with Gasteiger partial charge in [-0.1, -0.05) is 11.6 Å². The van der Waals surface area contributed by atoms with Crippen molar-refractivity contribution in [3.05, 3.63) is 23.5 Å². The molecule has 0 unspecified atom stereocenters. The van der Waals surface area contributed by atoms with Crippen molar-refractivity contribution in [3.8, 4) is 0 Å². The molecule has 1 amide bonds. The van der Waals surface area contributed by atoms with Crippen LogP contribution in [-0.2, 0) is 4.74 Å². The van der Waals surface area contributed by atoms with Crippen molar-refractivity contribution >= 4 is 23.4 Å². The fourth-order valence-electron chi connectivity index (χ4n) is 2.39. The fraction of sp³-hybridized carbons (Fsp3) is 0.600. The molecule has 1 aromatic rings. The average Bonchev–Trinajstić information content (AvgIpc) is 2.36. The molecule has 0 aliphatic carbocycles. The number of piperidine rings is 1. The van der Waals surface area contributed by atoms with E-state index in [9.17, 15) is 4.79 Å². The fourth-order valence-corrected chi connectivity index (χ4v) is 2.56. The van der Waals surface area contributed by atoms with E-state index in [4.69, 9.17) is 16.3 Å². The van der Waals surface area contributed by atoms with Gasteiger partial charge in [0.2, 0.25) is 0 Å². The molecule has 2 rings (SSSR count). The summed E-state index contributed by atoms with van der Waals surface area (Å²) in [5.41, 5.74) is 0.558. The van der Waals surface area contributed by atoms with Gasteiger partial charge in [-0.2, -0.15) is 0 Å². The maximum Gasteiger partial charge on any atom is 0.407 e. The number of halogens is 1. The quantitative estimate of drug-likeness (QED) is 0.852. The van der Waals surface area contributed by atoms with E-state index in [1.165, 1.54) is 0 Å². The summed E-state index contributed by atoms with van der Waals surface area (Å²) < 4.78 is 5.30. The second kappa shape index (κ2) is 6.52. The Bertz CT molecular complexity index is 502. The Labute approximate surface area is 130 Å². The molecule has 1 fully saturated rings. The monoisotopic (exact) mass is 311 g/mol. The van der Waals surface area contributed by atoms with Crippen LogP contribution in [0.15, 0.2) is 18.3 Å². The van der Waals surface area contributed by atoms with Crippen LogP contribution in [0.1, 0.15) is 33.6 Å². The number of carbonyl (C=O) groups is 1. The van der Waals surface area contributed by atoms with Gasteiger partial charge < -0.3 is 15.0 Å². The summed E-state index contributed by atoms with van der Waals surface area (Å²) in [6, 6.07) is 3.86. The van der Waals surface area contributed by atoms with Crippen molar-refractivity contribution in [2.24, 2.45) is 0 Å². The van der Waals surface area contributed by atoms with E-state index >= 15 is 0 Å². The number of alkyl carbamates (subject to hydrolysis) is 1. The third kappa shape index (κ3) is 5.08. The van der Waals surface area contributed by atoms with Gasteiger partial charge in [0.25, 0.3) is 0 Å². The molecule has 116 valence electrons. The summed E-state index contributed by atoms with van der Waals surface area (Å²) in [6.07, 6.45) is 3.31. The van der Waals surface area contributed by atoms with Crippen LogP contribution in [0.25, 0.3) is 0 Å². The second-order valence-electron chi connectivity index (χ2n) is 6.27. The first kappa shape index (κ1) is 15.9. The lowest BCUT2D eigenvalue weighted by molar-refractivity contribution is 0.0500. The van der Waals surface area contributed by atoms with Crippen LogP contribution in [0, 0.1) is 0 Å². The molecule has 1 atom stereocenters. The number of pyridine rings is 1. The van der Waals surface area contributed by atoms with Crippen LogP contribution in [0.3, 0.4) is 0 Å². The lowest BCUT2D eigenvalue weighted by Gasteiger charge is -2.35. The van der Waals surface area contributed by atoms with Gasteiger partial charge in [-0.25, -0.2) is 9.78 Å². The van der Waals surface area contributed by atoms with Gasteiger partial charge in [-0.3, -0.25) is 0 Å². The lowest BCUT2D eigenvalue weighted by atomic mass is 10.1. The SMILES string of the molecule is CC(C)(C)OC(=O)N[C@@H]1CCCN(c2ccnc(Cl)c2)C1. The number of anilines is 1. The zero-order valence-electron chi connectivity index (χ0n) is 12.7. The van der Waals surface area contributed by atoms with E-state index < -0.39 is 5.60 Å². The van der Waals surface area contributed by atoms with Gasteiger partial charge in [0.1, 0.15) is 10.8 Å². The molecule has 0 spiro atoms. The minimum atomic E-state index is -0.475. The van der Waals surface area contributed by atoms with Crippen molar-refractivity contribution in [3.63, 3.8) is 0 Å². The van der Waals surface area contributed by atoms with E-state index in [-0.39, 0.29) is 12.1 Å². The molecule has 2 heterocycles. The summed E-state index contributed by atoms with van der Waals surface area (Å²) >= 11 is 5.93. The maximum atomic E-state index is 11.8. The van der Waals surface area contributed by atoms with Crippen molar-refractivity contribution < 1.29 is 9.53 Å².